The zero-order chi connectivity index (χ0) is 18.4. The van der Waals surface area contributed by atoms with Gasteiger partial charge in [-0.3, -0.25) is 9.59 Å². The van der Waals surface area contributed by atoms with Gasteiger partial charge >= 0.3 is 5.97 Å². The van der Waals surface area contributed by atoms with Crippen molar-refractivity contribution in [1.29, 1.82) is 0 Å². The van der Waals surface area contributed by atoms with Crippen molar-refractivity contribution < 1.29 is 19.5 Å². The van der Waals surface area contributed by atoms with Gasteiger partial charge in [-0.1, -0.05) is 42.0 Å². The van der Waals surface area contributed by atoms with Gasteiger partial charge in [0.1, 0.15) is 0 Å². The molecule has 5 heteroatoms. The number of hydrogen-bond acceptors (Lipinski definition) is 3. The third-order valence-electron chi connectivity index (χ3n) is 3.99. The number of aromatic carboxylic acids is 1. The second-order valence-electron chi connectivity index (χ2n) is 6.04. The molecule has 2 aromatic rings. The molecule has 0 aliphatic heterocycles. The van der Waals surface area contributed by atoms with Crippen molar-refractivity contribution in [1.82, 2.24) is 4.90 Å². The lowest BCUT2D eigenvalue weighted by Gasteiger charge is -2.17. The van der Waals surface area contributed by atoms with E-state index < -0.39 is 5.97 Å². The van der Waals surface area contributed by atoms with Crippen molar-refractivity contribution in [3.63, 3.8) is 0 Å². The number of carboxylic acid groups (broad SMARTS) is 1. The first kappa shape index (κ1) is 18.4. The van der Waals surface area contributed by atoms with E-state index in [0.717, 1.165) is 11.1 Å². The number of hydrogen-bond donors (Lipinski definition) is 1. The van der Waals surface area contributed by atoms with Crippen LogP contribution in [0.2, 0.25) is 0 Å². The molecule has 0 bridgehead atoms. The molecule has 0 unspecified atom stereocenters. The quantitative estimate of drug-likeness (QED) is 0.785. The van der Waals surface area contributed by atoms with Crippen LogP contribution in [-0.4, -0.2) is 34.7 Å². The van der Waals surface area contributed by atoms with Gasteiger partial charge in [-0.05, 0) is 24.6 Å². The van der Waals surface area contributed by atoms with Gasteiger partial charge < -0.3 is 10.0 Å². The molecule has 0 aliphatic rings. The molecule has 1 amide bonds. The Bertz CT molecular complexity index is 763. The van der Waals surface area contributed by atoms with Crippen molar-refractivity contribution in [2.75, 3.05) is 7.05 Å². The van der Waals surface area contributed by atoms with Crippen LogP contribution in [0.4, 0.5) is 0 Å². The van der Waals surface area contributed by atoms with E-state index in [4.69, 9.17) is 5.11 Å². The molecule has 1 N–H and O–H groups in total. The van der Waals surface area contributed by atoms with E-state index >= 15 is 0 Å². The molecule has 25 heavy (non-hydrogen) atoms. The first-order valence-electron chi connectivity index (χ1n) is 8.03. The number of carbonyl (C=O) groups is 3. The fourth-order valence-corrected chi connectivity index (χ4v) is 2.41. The average Bonchev–Trinajstić information content (AvgIpc) is 2.60. The van der Waals surface area contributed by atoms with Crippen molar-refractivity contribution in [3.05, 3.63) is 70.8 Å². The van der Waals surface area contributed by atoms with Gasteiger partial charge in [-0.2, -0.15) is 0 Å². The zero-order valence-corrected chi connectivity index (χ0v) is 14.4. The van der Waals surface area contributed by atoms with Crippen molar-refractivity contribution >= 4 is 17.7 Å². The minimum absolute atomic E-state index is 0.0486. The largest absolute Gasteiger partial charge is 0.478 e. The molecule has 130 valence electrons. The normalized spacial score (nSPS) is 10.3. The maximum Gasteiger partial charge on any atom is 0.335 e. The Morgan fingerprint density at radius 3 is 2.00 bits per heavy atom. The number of rotatable bonds is 7. The van der Waals surface area contributed by atoms with Gasteiger partial charge in [-0.15, -0.1) is 0 Å². The SMILES string of the molecule is Cc1ccc(C(=O)CCC(=O)N(C)Cc2ccc(C(=O)O)cc2)cc1. The molecule has 2 aromatic carbocycles. The number of carboxylic acids is 1. The lowest BCUT2D eigenvalue weighted by atomic mass is 10.0. The van der Waals surface area contributed by atoms with E-state index in [1.807, 2.05) is 19.1 Å². The Morgan fingerprint density at radius 2 is 1.44 bits per heavy atom. The minimum Gasteiger partial charge on any atom is -0.478 e. The summed E-state index contributed by atoms with van der Waals surface area (Å²) in [6.07, 6.45) is 0.320. The summed E-state index contributed by atoms with van der Waals surface area (Å²) in [5.41, 5.74) is 2.75. The molecular weight excluding hydrogens is 318 g/mol. The number of ketones is 1. The molecule has 0 heterocycles. The highest BCUT2D eigenvalue weighted by molar-refractivity contribution is 5.98. The molecule has 0 saturated heterocycles. The molecule has 0 radical (unpaired) electrons. The molecule has 0 aromatic heterocycles. The summed E-state index contributed by atoms with van der Waals surface area (Å²) < 4.78 is 0. The summed E-state index contributed by atoms with van der Waals surface area (Å²) in [4.78, 5) is 36.7. The van der Waals surface area contributed by atoms with Gasteiger partial charge in [0, 0.05) is 32.0 Å². The lowest BCUT2D eigenvalue weighted by Crippen LogP contribution is -2.26. The molecule has 0 aliphatic carbocycles. The van der Waals surface area contributed by atoms with Crippen molar-refractivity contribution in [2.24, 2.45) is 0 Å². The van der Waals surface area contributed by atoms with E-state index in [1.54, 1.807) is 31.3 Å². The van der Waals surface area contributed by atoms with E-state index in [1.165, 1.54) is 17.0 Å². The van der Waals surface area contributed by atoms with Gasteiger partial charge in [0.05, 0.1) is 5.56 Å². The summed E-state index contributed by atoms with van der Waals surface area (Å²) in [5, 5.41) is 8.88. The van der Waals surface area contributed by atoms with Crippen LogP contribution in [0.1, 0.15) is 44.7 Å². The van der Waals surface area contributed by atoms with Crippen LogP contribution in [0.3, 0.4) is 0 Å². The Morgan fingerprint density at radius 1 is 0.880 bits per heavy atom. The smallest absolute Gasteiger partial charge is 0.335 e. The molecular formula is C20H21NO4. The topological polar surface area (TPSA) is 74.7 Å². The molecule has 5 nitrogen and oxygen atoms in total. The number of benzene rings is 2. The first-order valence-corrected chi connectivity index (χ1v) is 8.03. The van der Waals surface area contributed by atoms with E-state index in [2.05, 4.69) is 0 Å². The van der Waals surface area contributed by atoms with Crippen molar-refractivity contribution in [3.8, 4) is 0 Å². The van der Waals surface area contributed by atoms with Crippen LogP contribution in [0.15, 0.2) is 48.5 Å². The summed E-state index contributed by atoms with van der Waals surface area (Å²) in [7, 11) is 1.67. The summed E-state index contributed by atoms with van der Waals surface area (Å²) in [5.74, 6) is -1.15. The first-order chi connectivity index (χ1) is 11.9. The number of amides is 1. The van der Waals surface area contributed by atoms with Crippen LogP contribution in [-0.2, 0) is 11.3 Å². The Balaban J connectivity index is 1.86. The standard InChI is InChI=1S/C20H21NO4/c1-14-3-7-16(8-4-14)18(22)11-12-19(23)21(2)13-15-5-9-17(10-6-15)20(24)25/h3-10H,11-13H2,1-2H3,(H,24,25). The second-order valence-corrected chi connectivity index (χ2v) is 6.04. The van der Waals surface area contributed by atoms with Crippen LogP contribution in [0.25, 0.3) is 0 Å². The fraction of sp³-hybridized carbons (Fsp3) is 0.250. The highest BCUT2D eigenvalue weighted by atomic mass is 16.4. The third-order valence-corrected chi connectivity index (χ3v) is 3.99. The summed E-state index contributed by atoms with van der Waals surface area (Å²) in [6, 6.07) is 13.7. The minimum atomic E-state index is -0.981. The Kier molecular flexibility index (Phi) is 6.06. The maximum absolute atomic E-state index is 12.2. The molecule has 0 fully saturated rings. The predicted octanol–water partition coefficient (Wildman–Crippen LogP) is 3.31. The third kappa shape index (κ3) is 5.28. The van der Waals surface area contributed by atoms with Crippen LogP contribution >= 0.6 is 0 Å². The van der Waals surface area contributed by atoms with Gasteiger partial charge in [0.15, 0.2) is 5.78 Å². The predicted molar refractivity (Wildman–Crippen MR) is 94.6 cm³/mol. The number of carbonyl (C=O) groups excluding carboxylic acids is 2. The number of Topliss-reactive ketones (excluding diaryl/α,β-unsaturated/α-hetero) is 1. The van der Waals surface area contributed by atoms with Crippen molar-refractivity contribution in [2.45, 2.75) is 26.3 Å². The lowest BCUT2D eigenvalue weighted by molar-refractivity contribution is -0.130. The summed E-state index contributed by atoms with van der Waals surface area (Å²) in [6.45, 7) is 2.33. The molecule has 0 spiro atoms. The van der Waals surface area contributed by atoms with Crippen LogP contribution in [0.5, 0.6) is 0 Å². The number of aryl methyl sites for hydroxylation is 1. The fourth-order valence-electron chi connectivity index (χ4n) is 2.41. The highest BCUT2D eigenvalue weighted by Gasteiger charge is 2.13. The Hall–Kier alpha value is -2.95. The molecule has 0 atom stereocenters. The summed E-state index contributed by atoms with van der Waals surface area (Å²) >= 11 is 0. The number of nitrogens with zero attached hydrogens (tertiary/aromatic N) is 1. The highest BCUT2D eigenvalue weighted by Crippen LogP contribution is 2.11. The van der Waals surface area contributed by atoms with E-state index in [-0.39, 0.29) is 30.1 Å². The molecule has 2 rings (SSSR count). The average molecular weight is 339 g/mol. The maximum atomic E-state index is 12.2. The second kappa shape index (κ2) is 8.24. The van der Waals surface area contributed by atoms with Crippen LogP contribution < -0.4 is 0 Å². The van der Waals surface area contributed by atoms with Gasteiger partial charge in [-0.25, -0.2) is 4.79 Å². The van der Waals surface area contributed by atoms with Crippen LogP contribution in [0, 0.1) is 6.92 Å². The van der Waals surface area contributed by atoms with E-state index in [9.17, 15) is 14.4 Å². The van der Waals surface area contributed by atoms with E-state index in [0.29, 0.717) is 12.1 Å². The zero-order valence-electron chi connectivity index (χ0n) is 14.4. The Labute approximate surface area is 146 Å². The monoisotopic (exact) mass is 339 g/mol. The molecule has 0 saturated carbocycles. The van der Waals surface area contributed by atoms with Gasteiger partial charge in [0.2, 0.25) is 5.91 Å². The van der Waals surface area contributed by atoms with Gasteiger partial charge in [0.25, 0.3) is 0 Å².